The fourth-order valence-electron chi connectivity index (χ4n) is 0. The minimum atomic E-state index is 0. The Hall–Kier alpha value is 0.454. The number of aliphatic hydroxyl groups is 1. The summed E-state index contributed by atoms with van der Waals surface area (Å²) in [5.41, 5.74) is 0. The SMILES string of the molecule is CCO.[Ni]. The molecule has 0 aliphatic heterocycles. The molecule has 0 amide bonds. The first-order chi connectivity index (χ1) is 1.41. The van der Waals surface area contributed by atoms with Crippen molar-refractivity contribution in [3.63, 3.8) is 0 Å². The molecular formula is C2H6NiO. The van der Waals surface area contributed by atoms with E-state index < -0.39 is 0 Å². The standard InChI is InChI=1S/C2H6O.Ni/c1-2-3;/h3H,2H2,1H3;. The first-order valence-electron chi connectivity index (χ1n) is 1.02. The van der Waals surface area contributed by atoms with Crippen molar-refractivity contribution in [1.29, 1.82) is 0 Å². The Labute approximate surface area is 35.9 Å². The van der Waals surface area contributed by atoms with E-state index in [4.69, 9.17) is 5.11 Å². The average molecular weight is 105 g/mol. The third-order valence-corrected chi connectivity index (χ3v) is 0. The average Bonchev–Trinajstić information content (AvgIpc) is 0.918. The quantitative estimate of drug-likeness (QED) is 0.429. The normalized spacial score (nSPS) is 4.50. The van der Waals surface area contributed by atoms with Crippen LogP contribution >= 0.6 is 0 Å². The maximum Gasteiger partial charge on any atom is 0.0402 e. The fourth-order valence-corrected chi connectivity index (χ4v) is 0. The first-order valence-corrected chi connectivity index (χ1v) is 1.02. The maximum absolute atomic E-state index is 7.57. The monoisotopic (exact) mass is 104 g/mol. The van der Waals surface area contributed by atoms with Crippen LogP contribution in [0.4, 0.5) is 0 Å². The van der Waals surface area contributed by atoms with Crippen LogP contribution in [0.15, 0.2) is 0 Å². The molecule has 4 heavy (non-hydrogen) atoms. The summed E-state index contributed by atoms with van der Waals surface area (Å²) in [6.45, 7) is 1.93. The second kappa shape index (κ2) is 9.84. The van der Waals surface area contributed by atoms with E-state index in [1.807, 2.05) is 0 Å². The van der Waals surface area contributed by atoms with Gasteiger partial charge in [-0.05, 0) is 6.92 Å². The van der Waals surface area contributed by atoms with Crippen molar-refractivity contribution in [3.05, 3.63) is 0 Å². The second-order valence-electron chi connectivity index (χ2n) is 0.316. The molecule has 0 bridgehead atoms. The molecule has 1 nitrogen and oxygen atoms in total. The summed E-state index contributed by atoms with van der Waals surface area (Å²) in [7, 11) is 0. The van der Waals surface area contributed by atoms with Crippen LogP contribution in [0.5, 0.6) is 0 Å². The van der Waals surface area contributed by atoms with Crippen molar-refractivity contribution < 1.29 is 21.6 Å². The summed E-state index contributed by atoms with van der Waals surface area (Å²) in [6, 6.07) is 0. The molecule has 0 unspecified atom stereocenters. The molecule has 0 heterocycles. The third-order valence-electron chi connectivity index (χ3n) is 0. The van der Waals surface area contributed by atoms with Crippen LogP contribution in [0.25, 0.3) is 0 Å². The number of hydrogen-bond donors (Lipinski definition) is 1. The molecule has 0 saturated heterocycles. The predicted molar refractivity (Wildman–Crippen MR) is 12.8 cm³/mol. The minimum Gasteiger partial charge on any atom is -0.397 e. The largest absolute Gasteiger partial charge is 0.397 e. The molecule has 0 rings (SSSR count). The fraction of sp³-hybridized carbons (Fsp3) is 1.00. The zero-order valence-corrected chi connectivity index (χ0v) is 3.46. The summed E-state index contributed by atoms with van der Waals surface area (Å²) >= 11 is 0. The molecule has 1 N–H and O–H groups in total. The van der Waals surface area contributed by atoms with Crippen LogP contribution in [0.1, 0.15) is 6.92 Å². The van der Waals surface area contributed by atoms with Gasteiger partial charge < -0.3 is 5.11 Å². The van der Waals surface area contributed by atoms with E-state index in [2.05, 4.69) is 0 Å². The topological polar surface area (TPSA) is 20.2 Å². The molecule has 0 radical (unpaired) electrons. The molecular weight excluding hydrogens is 98.7 g/mol. The molecule has 0 aromatic heterocycles. The third kappa shape index (κ3) is 25.2. The molecule has 2 heteroatoms. The van der Waals surface area contributed by atoms with E-state index in [1.165, 1.54) is 0 Å². The van der Waals surface area contributed by atoms with Gasteiger partial charge in [0.1, 0.15) is 0 Å². The van der Waals surface area contributed by atoms with E-state index in [1.54, 1.807) is 6.92 Å². The maximum atomic E-state index is 7.57. The first kappa shape index (κ1) is 8.82. The van der Waals surface area contributed by atoms with Gasteiger partial charge in [-0.3, -0.25) is 0 Å². The van der Waals surface area contributed by atoms with Crippen molar-refractivity contribution in [3.8, 4) is 0 Å². The zero-order chi connectivity index (χ0) is 2.71. The van der Waals surface area contributed by atoms with E-state index in [0.29, 0.717) is 0 Å². The van der Waals surface area contributed by atoms with Crippen LogP contribution in [-0.4, -0.2) is 11.7 Å². The second-order valence-corrected chi connectivity index (χ2v) is 0.316. The van der Waals surface area contributed by atoms with E-state index in [9.17, 15) is 0 Å². The number of aliphatic hydroxyl groups excluding tert-OH is 1. The molecule has 0 aromatic carbocycles. The van der Waals surface area contributed by atoms with Crippen molar-refractivity contribution in [2.75, 3.05) is 6.61 Å². The number of rotatable bonds is 0. The smallest absolute Gasteiger partial charge is 0.0402 e. The Bertz CT molecular complexity index is 6.00. The minimum absolute atomic E-state index is 0. The van der Waals surface area contributed by atoms with E-state index in [0.717, 1.165) is 0 Å². The van der Waals surface area contributed by atoms with Crippen LogP contribution < -0.4 is 0 Å². The van der Waals surface area contributed by atoms with Gasteiger partial charge in [0.15, 0.2) is 0 Å². The van der Waals surface area contributed by atoms with Gasteiger partial charge in [0.2, 0.25) is 0 Å². The van der Waals surface area contributed by atoms with Gasteiger partial charge in [-0.2, -0.15) is 0 Å². The van der Waals surface area contributed by atoms with Gasteiger partial charge >= 0.3 is 0 Å². The molecule has 0 saturated carbocycles. The molecule has 0 fully saturated rings. The van der Waals surface area contributed by atoms with Crippen molar-refractivity contribution in [2.45, 2.75) is 6.92 Å². The van der Waals surface area contributed by atoms with Gasteiger partial charge in [0.05, 0.1) is 0 Å². The summed E-state index contributed by atoms with van der Waals surface area (Å²) in [4.78, 5) is 0. The van der Waals surface area contributed by atoms with E-state index in [-0.39, 0.29) is 23.1 Å². The van der Waals surface area contributed by atoms with Crippen LogP contribution in [0, 0.1) is 0 Å². The van der Waals surface area contributed by atoms with E-state index >= 15 is 0 Å². The predicted octanol–water partition coefficient (Wildman–Crippen LogP) is -0.00390. The molecule has 0 aliphatic carbocycles. The molecule has 0 aromatic rings. The molecule has 30 valence electrons. The van der Waals surface area contributed by atoms with Crippen molar-refractivity contribution in [2.24, 2.45) is 0 Å². The van der Waals surface area contributed by atoms with Crippen molar-refractivity contribution in [1.82, 2.24) is 0 Å². The molecule has 0 spiro atoms. The molecule has 0 atom stereocenters. The molecule has 0 aliphatic rings. The van der Waals surface area contributed by atoms with Gasteiger partial charge in [0.25, 0.3) is 0 Å². The van der Waals surface area contributed by atoms with Crippen molar-refractivity contribution >= 4 is 0 Å². The summed E-state index contributed by atoms with van der Waals surface area (Å²) in [5.74, 6) is 0. The van der Waals surface area contributed by atoms with Crippen LogP contribution in [0.2, 0.25) is 0 Å². The Morgan fingerprint density at radius 1 is 1.75 bits per heavy atom. The van der Waals surface area contributed by atoms with Crippen LogP contribution in [-0.2, 0) is 16.5 Å². The Balaban J connectivity index is 0. The van der Waals surface area contributed by atoms with Gasteiger partial charge in [-0.1, -0.05) is 0 Å². The number of hydrogen-bond acceptors (Lipinski definition) is 1. The van der Waals surface area contributed by atoms with Gasteiger partial charge in [0, 0.05) is 23.1 Å². The summed E-state index contributed by atoms with van der Waals surface area (Å²) in [6.07, 6.45) is 0. The van der Waals surface area contributed by atoms with Gasteiger partial charge in [-0.15, -0.1) is 0 Å². The summed E-state index contributed by atoms with van der Waals surface area (Å²) < 4.78 is 0. The van der Waals surface area contributed by atoms with Gasteiger partial charge in [-0.25, -0.2) is 0 Å². The Kier molecular flexibility index (Phi) is 21.7. The van der Waals surface area contributed by atoms with Crippen LogP contribution in [0.3, 0.4) is 0 Å². The Morgan fingerprint density at radius 2 is 1.75 bits per heavy atom. The Morgan fingerprint density at radius 3 is 1.75 bits per heavy atom. The zero-order valence-electron chi connectivity index (χ0n) is 2.47. The summed E-state index contributed by atoms with van der Waals surface area (Å²) in [5, 5.41) is 7.57.